The van der Waals surface area contributed by atoms with Crippen molar-refractivity contribution >= 4 is 11.8 Å². The molecule has 1 aliphatic rings. The van der Waals surface area contributed by atoms with Gasteiger partial charge in [0.1, 0.15) is 5.03 Å². The van der Waals surface area contributed by atoms with Crippen molar-refractivity contribution in [2.75, 3.05) is 19.3 Å². The van der Waals surface area contributed by atoms with E-state index in [4.69, 9.17) is 0 Å². The number of nitrogens with one attached hydrogen (secondary N) is 2. The van der Waals surface area contributed by atoms with Gasteiger partial charge in [-0.25, -0.2) is 4.98 Å². The van der Waals surface area contributed by atoms with Gasteiger partial charge in [0.2, 0.25) is 0 Å². The minimum Gasteiger partial charge on any atom is -0.313 e. The molecule has 2 rings (SSSR count). The summed E-state index contributed by atoms with van der Waals surface area (Å²) in [6.45, 7) is 2.99. The summed E-state index contributed by atoms with van der Waals surface area (Å²) in [6, 6.07) is 0.634. The second-order valence-corrected chi connectivity index (χ2v) is 4.73. The maximum absolute atomic E-state index is 4.35. The zero-order valence-corrected chi connectivity index (χ0v) is 10.4. The zero-order valence-electron chi connectivity index (χ0n) is 9.57. The molecule has 0 saturated carbocycles. The van der Waals surface area contributed by atoms with Gasteiger partial charge in [-0.2, -0.15) is 0 Å². The lowest BCUT2D eigenvalue weighted by molar-refractivity contribution is 0.529. The predicted molar refractivity (Wildman–Crippen MR) is 66.5 cm³/mol. The van der Waals surface area contributed by atoms with Crippen LogP contribution in [0.25, 0.3) is 0 Å². The fraction of sp³-hybridized carbons (Fsp3) is 0.636. The van der Waals surface area contributed by atoms with Gasteiger partial charge in [0.15, 0.2) is 0 Å². The van der Waals surface area contributed by atoms with E-state index in [0.29, 0.717) is 6.04 Å². The van der Waals surface area contributed by atoms with E-state index in [1.54, 1.807) is 24.2 Å². The lowest BCUT2D eigenvalue weighted by Crippen LogP contribution is -2.33. The standard InChI is InChI=1S/C11H18N4S/c1-16-11-10(14-5-6-15-11)8-12-7-9-3-2-4-13-9/h5-6,9,12-13H,2-4,7-8H2,1H3. The average molecular weight is 238 g/mol. The van der Waals surface area contributed by atoms with Gasteiger partial charge in [0, 0.05) is 31.5 Å². The van der Waals surface area contributed by atoms with Crippen LogP contribution in [-0.4, -0.2) is 35.4 Å². The SMILES string of the molecule is CSc1nccnc1CNCC1CCCN1. The molecule has 1 unspecified atom stereocenters. The van der Waals surface area contributed by atoms with E-state index in [2.05, 4.69) is 20.6 Å². The van der Waals surface area contributed by atoms with Crippen LogP contribution in [0.3, 0.4) is 0 Å². The monoisotopic (exact) mass is 238 g/mol. The molecule has 0 aromatic carbocycles. The highest BCUT2D eigenvalue weighted by molar-refractivity contribution is 7.98. The molecule has 0 spiro atoms. The van der Waals surface area contributed by atoms with Crippen molar-refractivity contribution in [1.29, 1.82) is 0 Å². The van der Waals surface area contributed by atoms with Gasteiger partial charge in [-0.3, -0.25) is 4.98 Å². The van der Waals surface area contributed by atoms with Gasteiger partial charge in [0.05, 0.1) is 5.69 Å². The second-order valence-electron chi connectivity index (χ2n) is 3.94. The van der Waals surface area contributed by atoms with Crippen molar-refractivity contribution in [3.05, 3.63) is 18.1 Å². The van der Waals surface area contributed by atoms with Gasteiger partial charge < -0.3 is 10.6 Å². The number of rotatable bonds is 5. The molecule has 16 heavy (non-hydrogen) atoms. The van der Waals surface area contributed by atoms with Gasteiger partial charge >= 0.3 is 0 Å². The summed E-state index contributed by atoms with van der Waals surface area (Å²) >= 11 is 1.65. The Balaban J connectivity index is 1.79. The average Bonchev–Trinajstić information content (AvgIpc) is 2.83. The van der Waals surface area contributed by atoms with Crippen LogP contribution in [-0.2, 0) is 6.54 Å². The Kier molecular flexibility index (Phi) is 4.56. The van der Waals surface area contributed by atoms with Crippen LogP contribution in [0, 0.1) is 0 Å². The summed E-state index contributed by atoms with van der Waals surface area (Å²) in [6.07, 6.45) is 8.11. The smallest absolute Gasteiger partial charge is 0.119 e. The van der Waals surface area contributed by atoms with Crippen LogP contribution in [0.4, 0.5) is 0 Å². The molecule has 0 radical (unpaired) electrons. The Morgan fingerprint density at radius 1 is 1.50 bits per heavy atom. The van der Waals surface area contributed by atoms with Crippen molar-refractivity contribution in [2.45, 2.75) is 30.5 Å². The van der Waals surface area contributed by atoms with E-state index in [0.717, 1.165) is 30.4 Å². The molecule has 2 N–H and O–H groups in total. The first-order valence-corrected chi connectivity index (χ1v) is 6.90. The minimum atomic E-state index is 0.634. The topological polar surface area (TPSA) is 49.8 Å². The first kappa shape index (κ1) is 11.8. The summed E-state index contributed by atoms with van der Waals surface area (Å²) in [5.74, 6) is 0. The third-order valence-electron chi connectivity index (χ3n) is 2.77. The molecule has 2 heterocycles. The van der Waals surface area contributed by atoms with E-state index >= 15 is 0 Å². The van der Waals surface area contributed by atoms with Crippen molar-refractivity contribution < 1.29 is 0 Å². The molecule has 1 aromatic rings. The highest BCUT2D eigenvalue weighted by atomic mass is 32.2. The van der Waals surface area contributed by atoms with E-state index in [1.165, 1.54) is 12.8 Å². The lowest BCUT2D eigenvalue weighted by atomic mass is 10.2. The molecule has 4 nitrogen and oxygen atoms in total. The molecule has 0 bridgehead atoms. The molecule has 0 amide bonds. The molecule has 5 heteroatoms. The van der Waals surface area contributed by atoms with Crippen LogP contribution in [0.1, 0.15) is 18.5 Å². The Hall–Kier alpha value is -0.650. The number of aromatic nitrogens is 2. The molecule has 1 aromatic heterocycles. The van der Waals surface area contributed by atoms with E-state index in [-0.39, 0.29) is 0 Å². The van der Waals surface area contributed by atoms with Gasteiger partial charge in [0.25, 0.3) is 0 Å². The van der Waals surface area contributed by atoms with Crippen LogP contribution in [0.5, 0.6) is 0 Å². The second kappa shape index (κ2) is 6.18. The summed E-state index contributed by atoms with van der Waals surface area (Å²) in [7, 11) is 0. The van der Waals surface area contributed by atoms with E-state index < -0.39 is 0 Å². The summed E-state index contributed by atoms with van der Waals surface area (Å²) in [4.78, 5) is 8.64. The quantitative estimate of drug-likeness (QED) is 0.751. The lowest BCUT2D eigenvalue weighted by Gasteiger charge is -2.11. The first-order valence-electron chi connectivity index (χ1n) is 5.68. The van der Waals surface area contributed by atoms with E-state index in [9.17, 15) is 0 Å². The molecule has 1 atom stereocenters. The van der Waals surface area contributed by atoms with Crippen LogP contribution in [0.2, 0.25) is 0 Å². The fourth-order valence-electron chi connectivity index (χ4n) is 1.94. The number of hydrogen-bond acceptors (Lipinski definition) is 5. The summed E-state index contributed by atoms with van der Waals surface area (Å²) < 4.78 is 0. The third kappa shape index (κ3) is 3.17. The number of thioether (sulfide) groups is 1. The Morgan fingerprint density at radius 3 is 3.12 bits per heavy atom. The molecular weight excluding hydrogens is 220 g/mol. The van der Waals surface area contributed by atoms with Gasteiger partial charge in [-0.15, -0.1) is 11.8 Å². The van der Waals surface area contributed by atoms with Crippen LogP contribution >= 0.6 is 11.8 Å². The third-order valence-corrected chi connectivity index (χ3v) is 3.50. The van der Waals surface area contributed by atoms with Crippen molar-refractivity contribution in [1.82, 2.24) is 20.6 Å². The fourth-order valence-corrected chi connectivity index (χ4v) is 2.47. The van der Waals surface area contributed by atoms with Crippen molar-refractivity contribution in [2.24, 2.45) is 0 Å². The molecular formula is C11H18N4S. The minimum absolute atomic E-state index is 0.634. The largest absolute Gasteiger partial charge is 0.313 e. The summed E-state index contributed by atoms with van der Waals surface area (Å²) in [5.41, 5.74) is 1.05. The van der Waals surface area contributed by atoms with Crippen molar-refractivity contribution in [3.8, 4) is 0 Å². The number of nitrogens with zero attached hydrogens (tertiary/aromatic N) is 2. The molecule has 88 valence electrons. The maximum Gasteiger partial charge on any atom is 0.119 e. The maximum atomic E-state index is 4.35. The first-order chi connectivity index (χ1) is 7.90. The van der Waals surface area contributed by atoms with Crippen molar-refractivity contribution in [3.63, 3.8) is 0 Å². The van der Waals surface area contributed by atoms with Crippen LogP contribution in [0.15, 0.2) is 17.4 Å². The van der Waals surface area contributed by atoms with Gasteiger partial charge in [-0.05, 0) is 25.6 Å². The number of hydrogen-bond donors (Lipinski definition) is 2. The Labute approximate surface area is 101 Å². The highest BCUT2D eigenvalue weighted by Crippen LogP contribution is 2.14. The van der Waals surface area contributed by atoms with Gasteiger partial charge in [-0.1, -0.05) is 0 Å². The zero-order chi connectivity index (χ0) is 11.2. The molecule has 1 saturated heterocycles. The summed E-state index contributed by atoms with van der Waals surface area (Å²) in [5, 5.41) is 7.93. The Morgan fingerprint density at radius 2 is 2.38 bits per heavy atom. The van der Waals surface area contributed by atoms with E-state index in [1.807, 2.05) is 6.26 Å². The molecule has 0 aliphatic carbocycles. The predicted octanol–water partition coefficient (Wildman–Crippen LogP) is 1.04. The Bertz CT molecular complexity index is 326. The molecule has 1 fully saturated rings. The highest BCUT2D eigenvalue weighted by Gasteiger charge is 2.13. The molecule has 1 aliphatic heterocycles. The van der Waals surface area contributed by atoms with Crippen LogP contribution < -0.4 is 10.6 Å². The normalized spacial score (nSPS) is 20.2.